The number of anilines is 1. The smallest absolute Gasteiger partial charge is 0.296 e. The number of Topliss-reactive ketones (excluding diaryl/α,β-unsaturated/α-hetero) is 1. The fourth-order valence-corrected chi connectivity index (χ4v) is 3.75. The number of hydrogen-bond donors (Lipinski definition) is 1. The van der Waals surface area contributed by atoms with Crippen molar-refractivity contribution in [3.63, 3.8) is 0 Å². The zero-order valence-corrected chi connectivity index (χ0v) is 17.7. The summed E-state index contributed by atoms with van der Waals surface area (Å²) in [6.07, 6.45) is 1.51. The van der Waals surface area contributed by atoms with Crippen molar-refractivity contribution in [2.24, 2.45) is 0 Å². The Morgan fingerprint density at radius 2 is 1.81 bits per heavy atom. The van der Waals surface area contributed by atoms with Gasteiger partial charge in [-0.1, -0.05) is 42.0 Å². The van der Waals surface area contributed by atoms with Crippen molar-refractivity contribution < 1.29 is 14.3 Å². The van der Waals surface area contributed by atoms with Gasteiger partial charge in [0.2, 0.25) is 5.88 Å². The van der Waals surface area contributed by atoms with E-state index < -0.39 is 11.7 Å². The summed E-state index contributed by atoms with van der Waals surface area (Å²) in [4.78, 5) is 30.1. The average molecular weight is 413 g/mol. The van der Waals surface area contributed by atoms with Crippen LogP contribution >= 0.6 is 0 Å². The molecule has 6 heteroatoms. The normalized spacial score (nSPS) is 10.8. The van der Waals surface area contributed by atoms with Crippen LogP contribution in [0.3, 0.4) is 0 Å². The molecule has 2 aromatic heterocycles. The quantitative estimate of drug-likeness (QED) is 0.372. The molecule has 4 rings (SSSR count). The summed E-state index contributed by atoms with van der Waals surface area (Å²) in [5, 5.41) is 3.44. The third-order valence-electron chi connectivity index (χ3n) is 5.30. The van der Waals surface area contributed by atoms with Crippen molar-refractivity contribution in [3.8, 4) is 5.88 Å². The number of fused-ring (bicyclic) bond motifs is 1. The molecule has 1 amide bonds. The fourth-order valence-electron chi connectivity index (χ4n) is 3.75. The molecule has 0 saturated heterocycles. The molecule has 156 valence electrons. The van der Waals surface area contributed by atoms with E-state index in [9.17, 15) is 9.59 Å². The molecular formula is C25H23N3O3. The summed E-state index contributed by atoms with van der Waals surface area (Å²) in [5.74, 6) is -0.913. The summed E-state index contributed by atoms with van der Waals surface area (Å²) >= 11 is 0. The summed E-state index contributed by atoms with van der Waals surface area (Å²) in [5.41, 5.74) is 4.71. The van der Waals surface area contributed by atoms with Gasteiger partial charge in [-0.2, -0.15) is 0 Å². The molecule has 0 radical (unpaired) electrons. The van der Waals surface area contributed by atoms with E-state index in [-0.39, 0.29) is 0 Å². The van der Waals surface area contributed by atoms with Crippen LogP contribution in [0.15, 0.2) is 66.9 Å². The van der Waals surface area contributed by atoms with Gasteiger partial charge in [-0.15, -0.1) is 0 Å². The maximum Gasteiger partial charge on any atom is 0.296 e. The Kier molecular flexibility index (Phi) is 5.54. The molecule has 2 heterocycles. The molecule has 0 atom stereocenters. The molecule has 2 aromatic carbocycles. The van der Waals surface area contributed by atoms with Gasteiger partial charge < -0.3 is 14.6 Å². The van der Waals surface area contributed by atoms with Crippen molar-refractivity contribution in [3.05, 3.63) is 89.2 Å². The Morgan fingerprint density at radius 1 is 1.03 bits per heavy atom. The number of hydrogen-bond acceptors (Lipinski definition) is 4. The second-order valence-corrected chi connectivity index (χ2v) is 7.42. The molecule has 0 aliphatic rings. The lowest BCUT2D eigenvalue weighted by molar-refractivity contribution is -0.112. The first-order valence-electron chi connectivity index (χ1n) is 9.97. The Hall–Kier alpha value is -3.93. The zero-order chi connectivity index (χ0) is 22.0. The van der Waals surface area contributed by atoms with Crippen LogP contribution in [0.4, 0.5) is 5.69 Å². The van der Waals surface area contributed by atoms with E-state index in [2.05, 4.69) is 14.9 Å². The van der Waals surface area contributed by atoms with Gasteiger partial charge in [0, 0.05) is 41.1 Å². The van der Waals surface area contributed by atoms with Gasteiger partial charge in [-0.05, 0) is 37.6 Å². The van der Waals surface area contributed by atoms with Crippen molar-refractivity contribution in [1.82, 2.24) is 9.55 Å². The highest BCUT2D eigenvalue weighted by Crippen LogP contribution is 2.29. The fraction of sp³-hybridized carbons (Fsp3) is 0.160. The van der Waals surface area contributed by atoms with Crippen molar-refractivity contribution in [2.45, 2.75) is 20.4 Å². The lowest BCUT2D eigenvalue weighted by Crippen LogP contribution is -2.23. The van der Waals surface area contributed by atoms with Crippen LogP contribution in [0.1, 0.15) is 27.2 Å². The van der Waals surface area contributed by atoms with Gasteiger partial charge in [0.15, 0.2) is 0 Å². The van der Waals surface area contributed by atoms with Gasteiger partial charge in [0.05, 0.1) is 12.7 Å². The van der Waals surface area contributed by atoms with Gasteiger partial charge in [-0.3, -0.25) is 9.59 Å². The highest BCUT2D eigenvalue weighted by Gasteiger charge is 2.25. The maximum absolute atomic E-state index is 13.2. The van der Waals surface area contributed by atoms with Crippen LogP contribution < -0.4 is 10.1 Å². The molecule has 0 bridgehead atoms. The topological polar surface area (TPSA) is 73.2 Å². The summed E-state index contributed by atoms with van der Waals surface area (Å²) in [6, 6.07) is 19.2. The van der Waals surface area contributed by atoms with Crippen LogP contribution in [0.5, 0.6) is 5.88 Å². The van der Waals surface area contributed by atoms with E-state index >= 15 is 0 Å². The predicted octanol–water partition coefficient (Wildman–Crippen LogP) is 4.53. The molecular weight excluding hydrogens is 390 g/mol. The maximum atomic E-state index is 13.2. The number of methoxy groups -OCH3 is 1. The third-order valence-corrected chi connectivity index (χ3v) is 5.30. The van der Waals surface area contributed by atoms with E-state index in [1.807, 2.05) is 62.4 Å². The summed E-state index contributed by atoms with van der Waals surface area (Å²) in [7, 11) is 1.49. The minimum Gasteiger partial charge on any atom is -0.481 e. The Morgan fingerprint density at radius 3 is 2.55 bits per heavy atom. The molecule has 0 aliphatic heterocycles. The number of aromatic nitrogens is 2. The number of aryl methyl sites for hydroxylation is 1. The van der Waals surface area contributed by atoms with Gasteiger partial charge >= 0.3 is 0 Å². The van der Waals surface area contributed by atoms with E-state index in [0.29, 0.717) is 23.7 Å². The van der Waals surface area contributed by atoms with Gasteiger partial charge in [0.1, 0.15) is 0 Å². The standard InChI is InChI=1S/C25H23N3O3/c1-16-9-10-21-20(13-16)23(17(2)28(21)15-18-7-5-4-6-8-18)24(29)25(30)27-19-11-12-26-22(14-19)31-3/h4-14H,15H2,1-3H3,(H,26,27,30). The minimum absolute atomic E-state index is 0.358. The van der Waals surface area contributed by atoms with E-state index in [4.69, 9.17) is 4.74 Å². The molecule has 0 spiro atoms. The number of carbonyl (C=O) groups excluding carboxylic acids is 2. The van der Waals surface area contributed by atoms with Crippen LogP contribution in [-0.2, 0) is 11.3 Å². The SMILES string of the molecule is COc1cc(NC(=O)C(=O)c2c(C)n(Cc3ccccc3)c3ccc(C)cc23)ccn1. The van der Waals surface area contributed by atoms with Crippen LogP contribution in [0.2, 0.25) is 0 Å². The Balaban J connectivity index is 1.73. The molecule has 0 fully saturated rings. The minimum atomic E-state index is -0.698. The largest absolute Gasteiger partial charge is 0.481 e. The highest BCUT2D eigenvalue weighted by molar-refractivity contribution is 6.48. The molecule has 31 heavy (non-hydrogen) atoms. The van der Waals surface area contributed by atoms with Gasteiger partial charge in [0.25, 0.3) is 11.7 Å². The van der Waals surface area contributed by atoms with E-state index in [1.54, 1.807) is 12.1 Å². The number of nitrogens with zero attached hydrogens (tertiary/aromatic N) is 2. The number of nitrogens with one attached hydrogen (secondary N) is 1. The monoisotopic (exact) mass is 413 g/mol. The van der Waals surface area contributed by atoms with Crippen molar-refractivity contribution >= 4 is 28.3 Å². The average Bonchev–Trinajstić information content (AvgIpc) is 3.04. The highest BCUT2D eigenvalue weighted by atomic mass is 16.5. The second kappa shape index (κ2) is 8.44. The van der Waals surface area contributed by atoms with Crippen molar-refractivity contribution in [2.75, 3.05) is 12.4 Å². The van der Waals surface area contributed by atoms with Crippen LogP contribution in [0.25, 0.3) is 10.9 Å². The number of amides is 1. The molecule has 0 aliphatic carbocycles. The lowest BCUT2D eigenvalue weighted by Gasteiger charge is -2.09. The third kappa shape index (κ3) is 4.05. The number of ether oxygens (including phenoxy) is 1. The zero-order valence-electron chi connectivity index (χ0n) is 17.7. The van der Waals surface area contributed by atoms with Crippen LogP contribution in [0, 0.1) is 13.8 Å². The molecule has 6 nitrogen and oxygen atoms in total. The summed E-state index contributed by atoms with van der Waals surface area (Å²) < 4.78 is 7.16. The molecule has 0 saturated carbocycles. The first kappa shape index (κ1) is 20.3. The number of carbonyl (C=O) groups is 2. The molecule has 4 aromatic rings. The second-order valence-electron chi connectivity index (χ2n) is 7.42. The first-order valence-corrected chi connectivity index (χ1v) is 9.97. The predicted molar refractivity (Wildman–Crippen MR) is 121 cm³/mol. The van der Waals surface area contributed by atoms with Crippen molar-refractivity contribution in [1.29, 1.82) is 0 Å². The van der Waals surface area contributed by atoms with Gasteiger partial charge in [-0.25, -0.2) is 4.98 Å². The first-order chi connectivity index (χ1) is 15.0. The van der Waals surface area contributed by atoms with E-state index in [0.717, 1.165) is 27.7 Å². The Bertz CT molecular complexity index is 1280. The number of pyridine rings is 1. The number of rotatable bonds is 6. The number of ketones is 1. The van der Waals surface area contributed by atoms with Crippen LogP contribution in [-0.4, -0.2) is 28.4 Å². The molecule has 0 unspecified atom stereocenters. The Labute approximate surface area is 180 Å². The summed E-state index contributed by atoms with van der Waals surface area (Å²) in [6.45, 7) is 4.47. The lowest BCUT2D eigenvalue weighted by atomic mass is 10.0. The molecule has 1 N–H and O–H groups in total. The number of benzene rings is 2. The van der Waals surface area contributed by atoms with E-state index in [1.165, 1.54) is 13.3 Å².